The molecule has 0 saturated heterocycles. The highest BCUT2D eigenvalue weighted by molar-refractivity contribution is 7.86. The number of aromatic nitrogens is 1. The molecular weight excluding hydrogens is 361 g/mol. The fraction of sp³-hybridized carbons (Fsp3) is 0.333. The maximum atomic E-state index is 11.7. The van der Waals surface area contributed by atoms with E-state index in [0.29, 0.717) is 39.8 Å². The van der Waals surface area contributed by atoms with Crippen LogP contribution in [0.4, 0.5) is 0 Å². The lowest BCUT2D eigenvalue weighted by Gasteiger charge is -2.12. The van der Waals surface area contributed by atoms with E-state index in [4.69, 9.17) is 27.4 Å². The van der Waals surface area contributed by atoms with Crippen LogP contribution in [0.3, 0.4) is 0 Å². The summed E-state index contributed by atoms with van der Waals surface area (Å²) < 4.78 is 30.2. The summed E-state index contributed by atoms with van der Waals surface area (Å²) in [6.45, 7) is 2.39. The minimum atomic E-state index is -3.74. The maximum Gasteiger partial charge on any atom is 0.306 e. The first-order chi connectivity index (χ1) is 10.7. The number of aryl methyl sites for hydroxylation is 1. The third kappa shape index (κ3) is 2.91. The monoisotopic (exact) mass is 375 g/mol. The largest absolute Gasteiger partial charge is 0.494 e. The van der Waals surface area contributed by atoms with Gasteiger partial charge in [0.25, 0.3) is 0 Å². The van der Waals surface area contributed by atoms with Crippen molar-refractivity contribution in [2.24, 2.45) is 0 Å². The molecule has 23 heavy (non-hydrogen) atoms. The first-order valence-corrected chi connectivity index (χ1v) is 9.56. The number of hydrogen-bond acceptors (Lipinski definition) is 4. The molecule has 1 aromatic heterocycles. The Kier molecular flexibility index (Phi) is 4.02. The average molecular weight is 376 g/mol. The van der Waals surface area contributed by atoms with Crippen LogP contribution in [0.2, 0.25) is 10.0 Å². The summed E-state index contributed by atoms with van der Waals surface area (Å²) >= 11 is 12.3. The predicted octanol–water partition coefficient (Wildman–Crippen LogP) is 3.76. The third-order valence-corrected chi connectivity index (χ3v) is 4.81. The summed E-state index contributed by atoms with van der Waals surface area (Å²) in [5.41, 5.74) is 2.20. The number of nitrogens with zero attached hydrogens (tertiary/aromatic N) is 1. The molecule has 3 rings (SSSR count). The summed E-state index contributed by atoms with van der Waals surface area (Å²) in [4.78, 5) is 0. The van der Waals surface area contributed by atoms with Crippen LogP contribution in [0.5, 0.6) is 11.6 Å². The molecule has 0 amide bonds. The molecular formula is C15H15Cl2NO4S. The highest BCUT2D eigenvalue weighted by Gasteiger charge is 2.31. The van der Waals surface area contributed by atoms with Crippen molar-refractivity contribution in [1.82, 2.24) is 4.57 Å². The van der Waals surface area contributed by atoms with Crippen molar-refractivity contribution in [1.29, 1.82) is 0 Å². The second kappa shape index (κ2) is 5.61. The lowest BCUT2D eigenvalue weighted by Crippen LogP contribution is -2.07. The molecule has 0 bridgehead atoms. The zero-order chi connectivity index (χ0) is 16.9. The van der Waals surface area contributed by atoms with Crippen LogP contribution in [-0.2, 0) is 23.1 Å². The zero-order valence-electron chi connectivity index (χ0n) is 12.6. The highest BCUT2D eigenvalue weighted by Crippen LogP contribution is 2.49. The van der Waals surface area contributed by atoms with Crippen LogP contribution >= 0.6 is 23.2 Å². The lowest BCUT2D eigenvalue weighted by molar-refractivity contribution is 0.424. The van der Waals surface area contributed by atoms with E-state index >= 15 is 0 Å². The fourth-order valence-electron chi connectivity index (χ4n) is 3.01. The number of benzene rings is 1. The van der Waals surface area contributed by atoms with Crippen LogP contribution in [-0.4, -0.2) is 24.3 Å². The van der Waals surface area contributed by atoms with Crippen molar-refractivity contribution in [3.63, 3.8) is 0 Å². The quantitative estimate of drug-likeness (QED) is 0.829. The Morgan fingerprint density at radius 3 is 2.57 bits per heavy atom. The molecule has 5 nitrogen and oxygen atoms in total. The summed E-state index contributed by atoms with van der Waals surface area (Å²) in [6.07, 6.45) is 2.42. The van der Waals surface area contributed by atoms with Gasteiger partial charge < -0.3 is 13.9 Å². The van der Waals surface area contributed by atoms with Gasteiger partial charge in [0.15, 0.2) is 5.75 Å². The lowest BCUT2D eigenvalue weighted by atomic mass is 10.0. The minimum absolute atomic E-state index is 0.0385. The van der Waals surface area contributed by atoms with Crippen LogP contribution in [0.15, 0.2) is 12.1 Å². The van der Waals surface area contributed by atoms with E-state index in [-0.39, 0.29) is 11.6 Å². The molecule has 1 aromatic carbocycles. The number of halogens is 2. The van der Waals surface area contributed by atoms with Crippen LogP contribution in [0.1, 0.15) is 17.7 Å². The van der Waals surface area contributed by atoms with Gasteiger partial charge in [0, 0.05) is 17.1 Å². The number of fused-ring (bicyclic) bond motifs is 1. The summed E-state index contributed by atoms with van der Waals surface area (Å²) in [5.74, 6) is 0.110. The van der Waals surface area contributed by atoms with Gasteiger partial charge in [-0.3, -0.25) is 0 Å². The molecule has 0 radical (unpaired) electrons. The molecule has 0 spiro atoms. The molecule has 8 heteroatoms. The number of rotatable bonds is 3. The first-order valence-electron chi connectivity index (χ1n) is 6.99. The highest BCUT2D eigenvalue weighted by atomic mass is 35.5. The molecule has 0 unspecified atom stereocenters. The van der Waals surface area contributed by atoms with Gasteiger partial charge in [-0.25, -0.2) is 0 Å². The van der Waals surface area contributed by atoms with E-state index < -0.39 is 10.1 Å². The van der Waals surface area contributed by atoms with Crippen LogP contribution in [0, 0.1) is 6.92 Å². The molecule has 0 saturated carbocycles. The van der Waals surface area contributed by atoms with Crippen molar-refractivity contribution in [3.05, 3.63) is 33.4 Å². The SMILES string of the molecule is Cc1cc(Cl)cc(Cl)c1-c1c(OS(C)(=O)=O)c2n(c1O)CCC2. The number of hydrogen-bond donors (Lipinski definition) is 1. The molecule has 0 fully saturated rings. The standard InChI is InChI=1S/C15H15Cl2NO4S/c1-8-6-9(16)7-10(17)12(8)13-14(22-23(2,20)21)11-4-3-5-18(11)15(13)19/h6-7,19H,3-5H2,1-2H3. The Labute approximate surface area is 144 Å². The van der Waals surface area contributed by atoms with Crippen molar-refractivity contribution in [3.8, 4) is 22.8 Å². The van der Waals surface area contributed by atoms with Crippen molar-refractivity contribution in [2.45, 2.75) is 26.3 Å². The summed E-state index contributed by atoms with van der Waals surface area (Å²) in [5, 5.41) is 11.4. The van der Waals surface area contributed by atoms with E-state index in [1.165, 1.54) is 0 Å². The molecule has 1 aliphatic rings. The summed E-state index contributed by atoms with van der Waals surface area (Å²) in [7, 11) is -3.74. The second-order valence-corrected chi connectivity index (χ2v) is 8.02. The van der Waals surface area contributed by atoms with Gasteiger partial charge in [0.2, 0.25) is 5.88 Å². The van der Waals surface area contributed by atoms with Gasteiger partial charge in [-0.15, -0.1) is 0 Å². The van der Waals surface area contributed by atoms with Crippen molar-refractivity contribution >= 4 is 33.3 Å². The van der Waals surface area contributed by atoms with Gasteiger partial charge in [-0.2, -0.15) is 8.42 Å². The minimum Gasteiger partial charge on any atom is -0.494 e. The Bertz CT molecular complexity index is 880. The third-order valence-electron chi connectivity index (χ3n) is 3.83. The second-order valence-electron chi connectivity index (χ2n) is 5.60. The van der Waals surface area contributed by atoms with E-state index in [0.717, 1.165) is 18.2 Å². The van der Waals surface area contributed by atoms with Crippen LogP contribution in [0.25, 0.3) is 11.1 Å². The Morgan fingerprint density at radius 1 is 1.26 bits per heavy atom. The molecule has 2 aromatic rings. The molecule has 2 heterocycles. The topological polar surface area (TPSA) is 68.5 Å². The van der Waals surface area contributed by atoms with E-state index in [1.807, 2.05) is 0 Å². The molecule has 0 aliphatic carbocycles. The van der Waals surface area contributed by atoms with E-state index in [9.17, 15) is 13.5 Å². The fourth-order valence-corrected chi connectivity index (χ4v) is 4.18. The Morgan fingerprint density at radius 2 is 1.96 bits per heavy atom. The predicted molar refractivity (Wildman–Crippen MR) is 90.1 cm³/mol. The number of aromatic hydroxyl groups is 1. The smallest absolute Gasteiger partial charge is 0.306 e. The van der Waals surface area contributed by atoms with E-state index in [1.54, 1.807) is 23.6 Å². The summed E-state index contributed by atoms with van der Waals surface area (Å²) in [6, 6.07) is 3.26. The Hall–Kier alpha value is -1.37. The van der Waals surface area contributed by atoms with Gasteiger partial charge in [-0.05, 0) is 37.5 Å². The maximum absolute atomic E-state index is 11.7. The zero-order valence-corrected chi connectivity index (χ0v) is 14.9. The normalized spacial score (nSPS) is 14.1. The Balaban J connectivity index is 2.32. The molecule has 124 valence electrons. The van der Waals surface area contributed by atoms with Gasteiger partial charge in [0.1, 0.15) is 0 Å². The van der Waals surface area contributed by atoms with E-state index in [2.05, 4.69) is 0 Å². The van der Waals surface area contributed by atoms with Gasteiger partial charge in [-0.1, -0.05) is 23.2 Å². The average Bonchev–Trinajstić information content (AvgIpc) is 2.95. The van der Waals surface area contributed by atoms with Gasteiger partial charge in [0.05, 0.1) is 22.5 Å². The van der Waals surface area contributed by atoms with Gasteiger partial charge >= 0.3 is 10.1 Å². The van der Waals surface area contributed by atoms with Crippen molar-refractivity contribution < 1.29 is 17.7 Å². The molecule has 1 N–H and O–H groups in total. The molecule has 1 aliphatic heterocycles. The van der Waals surface area contributed by atoms with Crippen LogP contribution < -0.4 is 4.18 Å². The molecule has 0 atom stereocenters. The first kappa shape index (κ1) is 16.5. The van der Waals surface area contributed by atoms with Crippen molar-refractivity contribution in [2.75, 3.05) is 6.26 Å².